The molecule has 1 amide bonds. The van der Waals surface area contributed by atoms with E-state index in [1.54, 1.807) is 18.2 Å². The smallest absolute Gasteiger partial charge is 0.321 e. The predicted octanol–water partition coefficient (Wildman–Crippen LogP) is 3.22. The Balaban J connectivity index is 2.15. The van der Waals surface area contributed by atoms with Gasteiger partial charge < -0.3 is 5.32 Å². The fourth-order valence-electron chi connectivity index (χ4n) is 1.56. The molecule has 0 saturated heterocycles. The molecular weight excluding hydrogens is 283 g/mol. The maximum atomic E-state index is 12.4. The van der Waals surface area contributed by atoms with Crippen LogP contribution in [-0.2, 0) is 6.18 Å². The lowest BCUT2D eigenvalue weighted by molar-refractivity contribution is -0.137. The second-order valence-corrected chi connectivity index (χ2v) is 4.08. The Labute approximate surface area is 117 Å². The minimum atomic E-state index is -4.50. The van der Waals surface area contributed by atoms with Crippen molar-refractivity contribution >= 4 is 11.6 Å². The van der Waals surface area contributed by atoms with Crippen LogP contribution in [0.15, 0.2) is 42.6 Å². The Hall–Kier alpha value is -2.88. The van der Waals surface area contributed by atoms with Crippen LogP contribution < -0.4 is 5.32 Å². The van der Waals surface area contributed by atoms with Crippen molar-refractivity contribution in [1.82, 2.24) is 4.98 Å². The van der Waals surface area contributed by atoms with Gasteiger partial charge in [0.25, 0.3) is 5.91 Å². The number of carbonyl (C=O) groups excluding carboxylic acids is 1. The molecule has 21 heavy (non-hydrogen) atoms. The standard InChI is InChI=1S/C14H8F3N3O/c15-14(16,17)10-4-5-12(19-8-10)13(21)20-11-3-1-2-9(6-11)7-18/h1-6,8H,(H,20,21). The number of nitrogens with one attached hydrogen (secondary N) is 1. The second kappa shape index (κ2) is 5.63. The van der Waals surface area contributed by atoms with E-state index in [4.69, 9.17) is 5.26 Å². The Morgan fingerprint density at radius 2 is 2.00 bits per heavy atom. The number of alkyl halides is 3. The van der Waals surface area contributed by atoms with E-state index >= 15 is 0 Å². The van der Waals surface area contributed by atoms with E-state index in [9.17, 15) is 18.0 Å². The van der Waals surface area contributed by atoms with E-state index in [0.29, 0.717) is 17.4 Å². The lowest BCUT2D eigenvalue weighted by Crippen LogP contribution is -2.15. The summed E-state index contributed by atoms with van der Waals surface area (Å²) in [6.07, 6.45) is -3.90. The molecule has 0 aliphatic heterocycles. The first-order chi connectivity index (χ1) is 9.90. The molecule has 1 aromatic carbocycles. The largest absolute Gasteiger partial charge is 0.417 e. The third-order valence-corrected chi connectivity index (χ3v) is 2.57. The topological polar surface area (TPSA) is 65.8 Å². The molecule has 0 spiro atoms. The molecule has 2 rings (SSSR count). The van der Waals surface area contributed by atoms with E-state index < -0.39 is 17.6 Å². The van der Waals surface area contributed by atoms with Crippen molar-refractivity contribution in [3.8, 4) is 6.07 Å². The van der Waals surface area contributed by atoms with Gasteiger partial charge in [-0.3, -0.25) is 9.78 Å². The highest BCUT2D eigenvalue weighted by Gasteiger charge is 2.30. The Kier molecular flexibility index (Phi) is 3.89. The van der Waals surface area contributed by atoms with E-state index in [0.717, 1.165) is 12.1 Å². The molecule has 0 unspecified atom stereocenters. The molecule has 0 bridgehead atoms. The molecule has 1 aromatic heterocycles. The maximum Gasteiger partial charge on any atom is 0.417 e. The molecule has 2 aromatic rings. The molecule has 1 N–H and O–H groups in total. The molecule has 0 radical (unpaired) electrons. The highest BCUT2D eigenvalue weighted by molar-refractivity contribution is 6.02. The van der Waals surface area contributed by atoms with E-state index in [1.165, 1.54) is 6.07 Å². The van der Waals surface area contributed by atoms with Crippen molar-refractivity contribution in [2.45, 2.75) is 6.18 Å². The summed E-state index contributed by atoms with van der Waals surface area (Å²) in [5, 5.41) is 11.2. The number of benzene rings is 1. The number of pyridine rings is 1. The minimum absolute atomic E-state index is 0.148. The van der Waals surface area contributed by atoms with Gasteiger partial charge in [0, 0.05) is 11.9 Å². The van der Waals surface area contributed by atoms with E-state index in [1.807, 2.05) is 6.07 Å². The molecule has 0 fully saturated rings. The zero-order valence-corrected chi connectivity index (χ0v) is 10.5. The fraction of sp³-hybridized carbons (Fsp3) is 0.0714. The van der Waals surface area contributed by atoms with E-state index in [-0.39, 0.29) is 5.69 Å². The molecule has 0 saturated carbocycles. The summed E-state index contributed by atoms with van der Waals surface area (Å²) in [6, 6.07) is 9.83. The number of hydrogen-bond donors (Lipinski definition) is 1. The first-order valence-corrected chi connectivity index (χ1v) is 5.75. The summed E-state index contributed by atoms with van der Waals surface area (Å²) in [5.74, 6) is -0.654. The lowest BCUT2D eigenvalue weighted by Gasteiger charge is -2.07. The Morgan fingerprint density at radius 3 is 2.57 bits per heavy atom. The van der Waals surface area contributed by atoms with Crippen LogP contribution in [0, 0.1) is 11.3 Å². The molecule has 4 nitrogen and oxygen atoms in total. The summed E-state index contributed by atoms with van der Waals surface area (Å²) in [4.78, 5) is 15.3. The van der Waals surface area contributed by atoms with Gasteiger partial charge in [-0.2, -0.15) is 18.4 Å². The average molecular weight is 291 g/mol. The molecular formula is C14H8F3N3O. The zero-order chi connectivity index (χ0) is 15.5. The normalized spacial score (nSPS) is 10.8. The van der Waals surface area contributed by atoms with Crippen molar-refractivity contribution < 1.29 is 18.0 Å². The number of rotatable bonds is 2. The van der Waals surface area contributed by atoms with Gasteiger partial charge in [0.1, 0.15) is 5.69 Å². The van der Waals surface area contributed by atoms with Gasteiger partial charge in [0.2, 0.25) is 0 Å². The van der Waals surface area contributed by atoms with Crippen LogP contribution >= 0.6 is 0 Å². The quantitative estimate of drug-likeness (QED) is 0.923. The number of carbonyl (C=O) groups is 1. The number of amides is 1. The Bertz CT molecular complexity index is 703. The van der Waals surface area contributed by atoms with Gasteiger partial charge in [0.15, 0.2) is 0 Å². The van der Waals surface area contributed by atoms with E-state index in [2.05, 4.69) is 10.3 Å². The van der Waals surface area contributed by atoms with Gasteiger partial charge in [-0.15, -0.1) is 0 Å². The molecule has 0 aliphatic rings. The third-order valence-electron chi connectivity index (χ3n) is 2.57. The van der Waals surface area contributed by atoms with Crippen molar-refractivity contribution in [3.05, 3.63) is 59.4 Å². The number of halogens is 3. The minimum Gasteiger partial charge on any atom is -0.321 e. The van der Waals surface area contributed by atoms with Crippen molar-refractivity contribution in [2.24, 2.45) is 0 Å². The summed E-state index contributed by atoms with van der Waals surface area (Å²) >= 11 is 0. The predicted molar refractivity (Wildman–Crippen MR) is 68.3 cm³/mol. The molecule has 7 heteroatoms. The molecule has 0 aliphatic carbocycles. The zero-order valence-electron chi connectivity index (χ0n) is 10.5. The SMILES string of the molecule is N#Cc1cccc(NC(=O)c2ccc(C(F)(F)F)cn2)c1. The van der Waals surface area contributed by atoms with Gasteiger partial charge in [-0.25, -0.2) is 0 Å². The second-order valence-electron chi connectivity index (χ2n) is 4.08. The van der Waals surface area contributed by atoms with Crippen LogP contribution in [-0.4, -0.2) is 10.9 Å². The summed E-state index contributed by atoms with van der Waals surface area (Å²) in [7, 11) is 0. The number of aromatic nitrogens is 1. The Morgan fingerprint density at radius 1 is 1.24 bits per heavy atom. The molecule has 0 atom stereocenters. The fourth-order valence-corrected chi connectivity index (χ4v) is 1.56. The van der Waals surface area contributed by atoms with Crippen molar-refractivity contribution in [1.29, 1.82) is 5.26 Å². The number of nitrogens with zero attached hydrogens (tertiary/aromatic N) is 2. The van der Waals surface area contributed by atoms with Crippen LogP contribution in [0.5, 0.6) is 0 Å². The number of hydrogen-bond acceptors (Lipinski definition) is 3. The highest BCUT2D eigenvalue weighted by Crippen LogP contribution is 2.28. The monoisotopic (exact) mass is 291 g/mol. The van der Waals surface area contributed by atoms with Crippen LogP contribution in [0.25, 0.3) is 0 Å². The summed E-state index contributed by atoms with van der Waals surface area (Å²) in [6.45, 7) is 0. The average Bonchev–Trinajstić information content (AvgIpc) is 2.46. The molecule has 1 heterocycles. The van der Waals surface area contributed by atoms with Crippen LogP contribution in [0.4, 0.5) is 18.9 Å². The lowest BCUT2D eigenvalue weighted by atomic mass is 10.2. The van der Waals surface area contributed by atoms with Gasteiger partial charge >= 0.3 is 6.18 Å². The van der Waals surface area contributed by atoms with Gasteiger partial charge in [0.05, 0.1) is 17.2 Å². The van der Waals surface area contributed by atoms with Gasteiger partial charge in [-0.05, 0) is 30.3 Å². The maximum absolute atomic E-state index is 12.4. The number of anilines is 1. The number of nitriles is 1. The van der Waals surface area contributed by atoms with Crippen LogP contribution in [0.2, 0.25) is 0 Å². The highest BCUT2D eigenvalue weighted by atomic mass is 19.4. The third kappa shape index (κ3) is 3.57. The first-order valence-electron chi connectivity index (χ1n) is 5.75. The molecule has 106 valence electrons. The summed E-state index contributed by atoms with van der Waals surface area (Å²) in [5.41, 5.74) is -0.357. The van der Waals surface area contributed by atoms with Crippen molar-refractivity contribution in [3.63, 3.8) is 0 Å². The summed E-state index contributed by atoms with van der Waals surface area (Å²) < 4.78 is 37.1. The first kappa shape index (κ1) is 14.5. The van der Waals surface area contributed by atoms with Gasteiger partial charge in [-0.1, -0.05) is 6.07 Å². The van der Waals surface area contributed by atoms with Crippen molar-refractivity contribution in [2.75, 3.05) is 5.32 Å². The van der Waals surface area contributed by atoms with Crippen LogP contribution in [0.3, 0.4) is 0 Å². The van der Waals surface area contributed by atoms with Crippen LogP contribution in [0.1, 0.15) is 21.6 Å².